The summed E-state index contributed by atoms with van der Waals surface area (Å²) in [5.74, 6) is 0. The maximum Gasteiger partial charge on any atom is 0.0586 e. The van der Waals surface area contributed by atoms with Gasteiger partial charge >= 0.3 is 0 Å². The van der Waals surface area contributed by atoms with E-state index in [0.717, 1.165) is 6.42 Å². The number of aliphatic hydroxyl groups excluding tert-OH is 1. The fourth-order valence-electron chi connectivity index (χ4n) is 2.83. The highest BCUT2D eigenvalue weighted by Gasteiger charge is 2.33. The topological polar surface area (TPSA) is 49.5 Å². The quantitative estimate of drug-likeness (QED) is 0.650. The predicted octanol–water partition coefficient (Wildman–Crippen LogP) is 0.323. The summed E-state index contributed by atoms with van der Waals surface area (Å²) in [6, 6.07) is 1.50. The van der Waals surface area contributed by atoms with Crippen molar-refractivity contribution >= 4 is 0 Å². The first-order valence-electron chi connectivity index (χ1n) is 5.43. The van der Waals surface area contributed by atoms with E-state index in [2.05, 4.69) is 4.90 Å². The van der Waals surface area contributed by atoms with Crippen LogP contribution in [0.3, 0.4) is 0 Å². The summed E-state index contributed by atoms with van der Waals surface area (Å²) in [4.78, 5) is 2.48. The molecule has 76 valence electrons. The number of nitrogens with zero attached hydrogens (tertiary/aromatic N) is 1. The van der Waals surface area contributed by atoms with Gasteiger partial charge in [0.1, 0.15) is 0 Å². The van der Waals surface area contributed by atoms with E-state index in [1.54, 1.807) is 0 Å². The Hall–Kier alpha value is -0.120. The fraction of sp³-hybridized carbons (Fsp3) is 1.00. The van der Waals surface area contributed by atoms with Crippen molar-refractivity contribution in [1.29, 1.82) is 0 Å². The van der Waals surface area contributed by atoms with Crippen molar-refractivity contribution in [3.8, 4) is 0 Å². The van der Waals surface area contributed by atoms with E-state index in [1.807, 2.05) is 0 Å². The molecule has 1 saturated heterocycles. The van der Waals surface area contributed by atoms with Crippen LogP contribution < -0.4 is 5.73 Å². The largest absolute Gasteiger partial charge is 0.395 e. The van der Waals surface area contributed by atoms with Crippen molar-refractivity contribution in [1.82, 2.24) is 4.90 Å². The van der Waals surface area contributed by atoms with Crippen molar-refractivity contribution in [2.75, 3.05) is 13.2 Å². The van der Waals surface area contributed by atoms with Crippen molar-refractivity contribution in [2.24, 2.45) is 5.73 Å². The average molecular weight is 184 g/mol. The Labute approximate surface area is 79.9 Å². The van der Waals surface area contributed by atoms with Gasteiger partial charge in [-0.2, -0.15) is 0 Å². The molecule has 0 amide bonds. The third-order valence-corrected chi connectivity index (χ3v) is 3.55. The van der Waals surface area contributed by atoms with E-state index in [4.69, 9.17) is 5.73 Å². The van der Waals surface area contributed by atoms with Crippen LogP contribution in [0.15, 0.2) is 0 Å². The Kier molecular flexibility index (Phi) is 2.86. The van der Waals surface area contributed by atoms with E-state index in [9.17, 15) is 5.11 Å². The van der Waals surface area contributed by atoms with Crippen LogP contribution in [0, 0.1) is 0 Å². The van der Waals surface area contributed by atoms with Gasteiger partial charge in [0.15, 0.2) is 0 Å². The first kappa shape index (κ1) is 9.44. The van der Waals surface area contributed by atoms with Crippen LogP contribution in [0.1, 0.15) is 32.1 Å². The third kappa shape index (κ3) is 1.87. The molecule has 3 nitrogen and oxygen atoms in total. The van der Waals surface area contributed by atoms with Crippen LogP contribution in [0.5, 0.6) is 0 Å². The maximum atomic E-state index is 9.19. The van der Waals surface area contributed by atoms with Crippen LogP contribution in [0.2, 0.25) is 0 Å². The molecule has 1 aliphatic carbocycles. The molecule has 1 saturated carbocycles. The lowest BCUT2D eigenvalue weighted by Crippen LogP contribution is -2.40. The second-order valence-corrected chi connectivity index (χ2v) is 4.44. The molecule has 2 unspecified atom stereocenters. The van der Waals surface area contributed by atoms with Crippen LogP contribution in [-0.2, 0) is 0 Å². The standard InChI is InChI=1S/C10H20N2O/c11-8-3-4-9(6-8)12-5-1-2-10(12)7-13/h8-10,13H,1-7,11H2/t8?,9?,10-/m1/s1. The van der Waals surface area contributed by atoms with Gasteiger partial charge in [0.25, 0.3) is 0 Å². The monoisotopic (exact) mass is 184 g/mol. The summed E-state index contributed by atoms with van der Waals surface area (Å²) >= 11 is 0. The molecule has 3 N–H and O–H groups in total. The molecular formula is C10H20N2O. The van der Waals surface area contributed by atoms with Crippen LogP contribution in [-0.4, -0.2) is 41.3 Å². The van der Waals surface area contributed by atoms with E-state index in [-0.39, 0.29) is 0 Å². The highest BCUT2D eigenvalue weighted by atomic mass is 16.3. The molecule has 0 aromatic carbocycles. The van der Waals surface area contributed by atoms with Gasteiger partial charge in [-0.3, -0.25) is 4.90 Å². The first-order chi connectivity index (χ1) is 6.31. The number of nitrogens with two attached hydrogens (primary N) is 1. The highest BCUT2D eigenvalue weighted by Crippen LogP contribution is 2.29. The Bertz CT molecular complexity index is 174. The van der Waals surface area contributed by atoms with Gasteiger partial charge in [0.2, 0.25) is 0 Å². The molecular weight excluding hydrogens is 164 g/mol. The molecule has 0 spiro atoms. The maximum absolute atomic E-state index is 9.19. The minimum Gasteiger partial charge on any atom is -0.395 e. The number of likely N-dealkylation sites (tertiary alicyclic amines) is 1. The molecule has 3 heteroatoms. The second-order valence-electron chi connectivity index (χ2n) is 4.44. The van der Waals surface area contributed by atoms with E-state index in [1.165, 1.54) is 32.2 Å². The minimum atomic E-state index is 0.325. The third-order valence-electron chi connectivity index (χ3n) is 3.55. The Morgan fingerprint density at radius 2 is 2.15 bits per heavy atom. The molecule has 2 rings (SSSR count). The zero-order valence-electron chi connectivity index (χ0n) is 8.15. The molecule has 13 heavy (non-hydrogen) atoms. The molecule has 0 aromatic heterocycles. The van der Waals surface area contributed by atoms with Crippen LogP contribution >= 0.6 is 0 Å². The first-order valence-corrected chi connectivity index (χ1v) is 5.43. The number of hydrogen-bond donors (Lipinski definition) is 2. The predicted molar refractivity (Wildman–Crippen MR) is 52.4 cm³/mol. The van der Waals surface area contributed by atoms with Gasteiger partial charge in [0, 0.05) is 18.1 Å². The smallest absolute Gasteiger partial charge is 0.0586 e. The molecule has 2 aliphatic rings. The van der Waals surface area contributed by atoms with Crippen molar-refractivity contribution < 1.29 is 5.11 Å². The van der Waals surface area contributed by atoms with Crippen LogP contribution in [0.4, 0.5) is 0 Å². The van der Waals surface area contributed by atoms with Gasteiger partial charge in [-0.25, -0.2) is 0 Å². The average Bonchev–Trinajstić information content (AvgIpc) is 2.71. The summed E-state index contributed by atoms with van der Waals surface area (Å²) in [6.45, 7) is 1.49. The fourth-order valence-corrected chi connectivity index (χ4v) is 2.83. The summed E-state index contributed by atoms with van der Waals surface area (Å²) in [5.41, 5.74) is 5.89. The van der Waals surface area contributed by atoms with Gasteiger partial charge in [0.05, 0.1) is 6.61 Å². The zero-order valence-corrected chi connectivity index (χ0v) is 8.15. The van der Waals surface area contributed by atoms with Crippen molar-refractivity contribution in [3.05, 3.63) is 0 Å². The number of rotatable bonds is 2. The Morgan fingerprint density at radius 1 is 1.31 bits per heavy atom. The molecule has 0 aromatic rings. The molecule has 0 bridgehead atoms. The highest BCUT2D eigenvalue weighted by molar-refractivity contribution is 4.90. The molecule has 1 aliphatic heterocycles. The van der Waals surface area contributed by atoms with E-state index >= 15 is 0 Å². The molecule has 2 fully saturated rings. The molecule has 0 radical (unpaired) electrons. The minimum absolute atomic E-state index is 0.325. The van der Waals surface area contributed by atoms with E-state index in [0.29, 0.717) is 24.7 Å². The number of aliphatic hydroxyl groups is 1. The van der Waals surface area contributed by atoms with Gasteiger partial charge in [-0.05, 0) is 38.6 Å². The van der Waals surface area contributed by atoms with Gasteiger partial charge < -0.3 is 10.8 Å². The second kappa shape index (κ2) is 3.95. The summed E-state index contributed by atoms with van der Waals surface area (Å²) in [7, 11) is 0. The summed E-state index contributed by atoms with van der Waals surface area (Å²) < 4.78 is 0. The van der Waals surface area contributed by atoms with E-state index < -0.39 is 0 Å². The summed E-state index contributed by atoms with van der Waals surface area (Å²) in [6.07, 6.45) is 5.95. The lowest BCUT2D eigenvalue weighted by molar-refractivity contribution is 0.120. The number of hydrogen-bond acceptors (Lipinski definition) is 3. The lowest BCUT2D eigenvalue weighted by atomic mass is 10.1. The van der Waals surface area contributed by atoms with Gasteiger partial charge in [-0.1, -0.05) is 0 Å². The Balaban J connectivity index is 1.92. The SMILES string of the molecule is NC1CCC(N2CCC[C@@H]2CO)C1. The zero-order chi connectivity index (χ0) is 9.26. The summed E-state index contributed by atoms with van der Waals surface area (Å²) in [5, 5.41) is 9.19. The van der Waals surface area contributed by atoms with Crippen molar-refractivity contribution in [3.63, 3.8) is 0 Å². The van der Waals surface area contributed by atoms with Crippen LogP contribution in [0.25, 0.3) is 0 Å². The molecule has 3 atom stereocenters. The Morgan fingerprint density at radius 3 is 2.77 bits per heavy atom. The lowest BCUT2D eigenvalue weighted by Gasteiger charge is -2.29. The van der Waals surface area contributed by atoms with Gasteiger partial charge in [-0.15, -0.1) is 0 Å². The normalized spacial score (nSPS) is 41.5. The molecule has 1 heterocycles. The van der Waals surface area contributed by atoms with Crippen molar-refractivity contribution in [2.45, 2.75) is 50.2 Å².